The summed E-state index contributed by atoms with van der Waals surface area (Å²) in [5, 5.41) is 3.46. The molecular weight excluding hydrogens is 308 g/mol. The molecule has 0 aromatic heterocycles. The fourth-order valence-corrected chi connectivity index (χ4v) is 3.20. The van der Waals surface area contributed by atoms with E-state index in [0.717, 1.165) is 6.54 Å². The molecule has 1 saturated heterocycles. The van der Waals surface area contributed by atoms with Crippen molar-refractivity contribution in [2.45, 2.75) is 25.9 Å². The minimum Gasteiger partial charge on any atom is -0.348 e. The van der Waals surface area contributed by atoms with Gasteiger partial charge in [-0.05, 0) is 49.2 Å². The quantitative estimate of drug-likeness (QED) is 0.903. The van der Waals surface area contributed by atoms with Crippen molar-refractivity contribution in [1.29, 1.82) is 0 Å². The van der Waals surface area contributed by atoms with Crippen LogP contribution in [-0.2, 0) is 13.1 Å². The smallest absolute Gasteiger partial charge is 0.253 e. The Labute approximate surface area is 142 Å². The summed E-state index contributed by atoms with van der Waals surface area (Å²) in [7, 11) is 0. The molecule has 0 saturated carbocycles. The predicted octanol–water partition coefficient (Wildman–Crippen LogP) is 3.87. The summed E-state index contributed by atoms with van der Waals surface area (Å²) in [6.45, 7) is 3.81. The lowest BCUT2D eigenvalue weighted by Gasteiger charge is -2.17. The maximum Gasteiger partial charge on any atom is 0.253 e. The summed E-state index contributed by atoms with van der Waals surface area (Å²) in [6, 6.07) is 15.4. The average Bonchev–Trinajstić information content (AvgIpc) is 3.07. The van der Waals surface area contributed by atoms with Crippen molar-refractivity contribution in [3.8, 4) is 0 Å². The van der Waals surface area contributed by atoms with E-state index in [9.17, 15) is 4.79 Å². The normalized spacial score (nSPS) is 14.8. The van der Waals surface area contributed by atoms with Gasteiger partial charge in [0.05, 0.1) is 10.6 Å². The van der Waals surface area contributed by atoms with E-state index in [1.165, 1.54) is 37.1 Å². The molecule has 1 amide bonds. The lowest BCUT2D eigenvalue weighted by molar-refractivity contribution is 0.0951. The van der Waals surface area contributed by atoms with Crippen LogP contribution < -0.4 is 5.32 Å². The first kappa shape index (κ1) is 16.0. The lowest BCUT2D eigenvalue weighted by Crippen LogP contribution is -2.25. The fraction of sp³-hybridized carbons (Fsp3) is 0.316. The molecule has 1 fully saturated rings. The molecule has 0 radical (unpaired) electrons. The van der Waals surface area contributed by atoms with E-state index in [-0.39, 0.29) is 5.91 Å². The Morgan fingerprint density at radius 3 is 2.39 bits per heavy atom. The van der Waals surface area contributed by atoms with Crippen molar-refractivity contribution in [1.82, 2.24) is 10.2 Å². The first-order chi connectivity index (χ1) is 11.2. The SMILES string of the molecule is O=C(NCc1ccccc1CN1CCCC1)c1ccccc1Cl. The molecule has 1 aliphatic rings. The van der Waals surface area contributed by atoms with Crippen molar-refractivity contribution < 1.29 is 4.79 Å². The minimum atomic E-state index is -0.133. The monoisotopic (exact) mass is 328 g/mol. The summed E-state index contributed by atoms with van der Waals surface area (Å²) in [5.41, 5.74) is 2.97. The lowest BCUT2D eigenvalue weighted by atomic mass is 10.1. The molecule has 1 N–H and O–H groups in total. The van der Waals surface area contributed by atoms with E-state index < -0.39 is 0 Å². The Hall–Kier alpha value is -1.84. The first-order valence-corrected chi connectivity index (χ1v) is 8.44. The zero-order valence-corrected chi connectivity index (χ0v) is 13.9. The number of halogens is 1. The number of likely N-dealkylation sites (tertiary alicyclic amines) is 1. The Bertz CT molecular complexity index is 681. The standard InChI is InChI=1S/C19H21ClN2O/c20-18-10-4-3-9-17(18)19(23)21-13-15-7-1-2-8-16(15)14-22-11-5-6-12-22/h1-4,7-10H,5-6,11-14H2,(H,21,23). The van der Waals surface area contributed by atoms with E-state index in [1.807, 2.05) is 18.2 Å². The van der Waals surface area contributed by atoms with Gasteiger partial charge in [0.2, 0.25) is 0 Å². The van der Waals surface area contributed by atoms with E-state index in [1.54, 1.807) is 12.1 Å². The van der Waals surface area contributed by atoms with Gasteiger partial charge in [-0.2, -0.15) is 0 Å². The number of nitrogens with one attached hydrogen (secondary N) is 1. The van der Waals surface area contributed by atoms with Gasteiger partial charge in [0.1, 0.15) is 0 Å². The Balaban J connectivity index is 1.66. The van der Waals surface area contributed by atoms with Gasteiger partial charge in [0, 0.05) is 13.1 Å². The third kappa shape index (κ3) is 4.12. The molecule has 0 bridgehead atoms. The van der Waals surface area contributed by atoms with Gasteiger partial charge in [-0.25, -0.2) is 0 Å². The summed E-state index contributed by atoms with van der Waals surface area (Å²) >= 11 is 6.08. The minimum absolute atomic E-state index is 0.133. The van der Waals surface area contributed by atoms with Gasteiger partial charge in [0.15, 0.2) is 0 Å². The molecule has 23 heavy (non-hydrogen) atoms. The largest absolute Gasteiger partial charge is 0.348 e. The van der Waals surface area contributed by atoms with Crippen LogP contribution in [-0.4, -0.2) is 23.9 Å². The number of nitrogens with zero attached hydrogens (tertiary/aromatic N) is 1. The molecule has 3 rings (SSSR count). The molecule has 1 heterocycles. The third-order valence-corrected chi connectivity index (χ3v) is 4.60. The van der Waals surface area contributed by atoms with Crippen LogP contribution in [0.15, 0.2) is 48.5 Å². The molecule has 3 nitrogen and oxygen atoms in total. The van der Waals surface area contributed by atoms with Gasteiger partial charge in [-0.1, -0.05) is 48.0 Å². The number of rotatable bonds is 5. The van der Waals surface area contributed by atoms with Crippen molar-refractivity contribution >= 4 is 17.5 Å². The molecule has 2 aromatic rings. The van der Waals surface area contributed by atoms with Gasteiger partial charge in [0.25, 0.3) is 5.91 Å². The van der Waals surface area contributed by atoms with Crippen molar-refractivity contribution in [2.75, 3.05) is 13.1 Å². The first-order valence-electron chi connectivity index (χ1n) is 8.06. The zero-order valence-electron chi connectivity index (χ0n) is 13.1. The second kappa shape index (κ2) is 7.62. The van der Waals surface area contributed by atoms with E-state index in [2.05, 4.69) is 28.4 Å². The molecule has 0 unspecified atom stereocenters. The molecule has 1 aliphatic heterocycles. The summed E-state index contributed by atoms with van der Waals surface area (Å²) in [5.74, 6) is -0.133. The highest BCUT2D eigenvalue weighted by Gasteiger charge is 2.14. The summed E-state index contributed by atoms with van der Waals surface area (Å²) in [4.78, 5) is 14.8. The van der Waals surface area contributed by atoms with Gasteiger partial charge < -0.3 is 5.32 Å². The van der Waals surface area contributed by atoms with Crippen LogP contribution in [0.5, 0.6) is 0 Å². The predicted molar refractivity (Wildman–Crippen MR) is 93.6 cm³/mol. The highest BCUT2D eigenvalue weighted by molar-refractivity contribution is 6.33. The summed E-state index contributed by atoms with van der Waals surface area (Å²) < 4.78 is 0. The van der Waals surface area contributed by atoms with Crippen LogP contribution in [0.25, 0.3) is 0 Å². The number of carbonyl (C=O) groups excluding carboxylic acids is 1. The van der Waals surface area contributed by atoms with Crippen molar-refractivity contribution in [3.05, 3.63) is 70.2 Å². The van der Waals surface area contributed by atoms with E-state index >= 15 is 0 Å². The second-order valence-corrected chi connectivity index (χ2v) is 6.32. The maximum atomic E-state index is 12.3. The molecule has 2 aromatic carbocycles. The zero-order chi connectivity index (χ0) is 16.1. The highest BCUT2D eigenvalue weighted by Crippen LogP contribution is 2.17. The van der Waals surface area contributed by atoms with Crippen LogP contribution in [0.4, 0.5) is 0 Å². The van der Waals surface area contributed by atoms with Crippen LogP contribution in [0.2, 0.25) is 5.02 Å². The molecule has 0 atom stereocenters. The van der Waals surface area contributed by atoms with Crippen molar-refractivity contribution in [2.24, 2.45) is 0 Å². The molecule has 0 spiro atoms. The van der Waals surface area contributed by atoms with Crippen LogP contribution in [0.3, 0.4) is 0 Å². The number of hydrogen-bond donors (Lipinski definition) is 1. The molecular formula is C19H21ClN2O. The topological polar surface area (TPSA) is 32.3 Å². The fourth-order valence-electron chi connectivity index (χ4n) is 2.98. The van der Waals surface area contributed by atoms with E-state index in [0.29, 0.717) is 17.1 Å². The molecule has 120 valence electrons. The average molecular weight is 329 g/mol. The summed E-state index contributed by atoms with van der Waals surface area (Å²) in [6.07, 6.45) is 2.57. The van der Waals surface area contributed by atoms with Crippen LogP contribution in [0.1, 0.15) is 34.3 Å². The van der Waals surface area contributed by atoms with E-state index in [4.69, 9.17) is 11.6 Å². The van der Waals surface area contributed by atoms with Crippen LogP contribution >= 0.6 is 11.6 Å². The highest BCUT2D eigenvalue weighted by atomic mass is 35.5. The Morgan fingerprint density at radius 2 is 1.65 bits per heavy atom. The number of amides is 1. The van der Waals surface area contributed by atoms with Crippen LogP contribution in [0, 0.1) is 0 Å². The Morgan fingerprint density at radius 1 is 1.00 bits per heavy atom. The van der Waals surface area contributed by atoms with Gasteiger partial charge in [-0.15, -0.1) is 0 Å². The maximum absolute atomic E-state index is 12.3. The molecule has 0 aliphatic carbocycles. The Kier molecular flexibility index (Phi) is 5.31. The molecule has 4 heteroatoms. The number of benzene rings is 2. The third-order valence-electron chi connectivity index (χ3n) is 4.27. The van der Waals surface area contributed by atoms with Crippen molar-refractivity contribution in [3.63, 3.8) is 0 Å². The van der Waals surface area contributed by atoms with Gasteiger partial charge in [-0.3, -0.25) is 9.69 Å². The number of hydrogen-bond acceptors (Lipinski definition) is 2. The number of carbonyl (C=O) groups is 1. The van der Waals surface area contributed by atoms with Gasteiger partial charge >= 0.3 is 0 Å². The second-order valence-electron chi connectivity index (χ2n) is 5.91.